The van der Waals surface area contributed by atoms with E-state index in [-0.39, 0.29) is 23.7 Å². The Hall–Kier alpha value is -0.790. The van der Waals surface area contributed by atoms with Gasteiger partial charge in [0.05, 0.1) is 13.2 Å². The number of nitriles is 1. The summed E-state index contributed by atoms with van der Waals surface area (Å²) >= 11 is 0. The van der Waals surface area contributed by atoms with Gasteiger partial charge in [0.1, 0.15) is 0 Å². The summed E-state index contributed by atoms with van der Waals surface area (Å²) in [5, 5.41) is 18.2. The molecular weight excluding hydrogens is 214 g/mol. The van der Waals surface area contributed by atoms with Crippen LogP contribution < -0.4 is 0 Å². The Kier molecular flexibility index (Phi) is 4.06. The van der Waals surface area contributed by atoms with Crippen LogP contribution in [0.2, 0.25) is 0 Å². The lowest BCUT2D eigenvalue weighted by atomic mass is 9.77. The fourth-order valence-electron chi connectivity index (χ4n) is 2.96. The first-order valence-corrected chi connectivity index (χ1v) is 6.26. The van der Waals surface area contributed by atoms with Gasteiger partial charge in [0.25, 0.3) is 0 Å². The molecule has 1 aliphatic heterocycles. The van der Waals surface area contributed by atoms with Crippen molar-refractivity contribution in [1.29, 1.82) is 5.26 Å². The zero-order chi connectivity index (χ0) is 13.3. The van der Waals surface area contributed by atoms with Gasteiger partial charge in [-0.2, -0.15) is 5.26 Å². The van der Waals surface area contributed by atoms with E-state index in [0.717, 1.165) is 12.8 Å². The number of nitrogens with zero attached hydrogens (tertiary/aromatic N) is 3. The van der Waals surface area contributed by atoms with Crippen molar-refractivity contribution in [3.05, 3.63) is 0 Å². The summed E-state index contributed by atoms with van der Waals surface area (Å²) in [7, 11) is 2.15. The summed E-state index contributed by atoms with van der Waals surface area (Å²) in [4.78, 5) is 4.13. The van der Waals surface area contributed by atoms with Crippen LogP contribution in [0.5, 0.6) is 0 Å². The van der Waals surface area contributed by atoms with Crippen LogP contribution in [0.15, 0.2) is 0 Å². The molecule has 0 unspecified atom stereocenters. The van der Waals surface area contributed by atoms with Crippen molar-refractivity contribution in [2.75, 3.05) is 20.2 Å². The molecule has 0 atom stereocenters. The summed E-state index contributed by atoms with van der Waals surface area (Å²) < 4.78 is 0. The number of aliphatic hydroxyl groups excluding tert-OH is 1. The first-order chi connectivity index (χ1) is 7.74. The average molecular weight is 239 g/mol. The third kappa shape index (κ3) is 2.91. The van der Waals surface area contributed by atoms with Crippen LogP contribution in [0.1, 0.15) is 40.5 Å². The summed E-state index contributed by atoms with van der Waals surface area (Å²) in [5.74, 6) is 0. The van der Waals surface area contributed by atoms with Gasteiger partial charge >= 0.3 is 0 Å². The molecule has 0 aromatic carbocycles. The molecule has 0 aliphatic carbocycles. The number of rotatable bonds is 3. The van der Waals surface area contributed by atoms with E-state index < -0.39 is 0 Å². The Bertz CT molecular complexity index is 288. The molecular formula is C13H25N3O. The SMILES string of the molecule is CN1C(C)(C)CC(N(C#N)CCO)CC1(C)C. The van der Waals surface area contributed by atoms with E-state index in [1.54, 1.807) is 4.90 Å². The highest BCUT2D eigenvalue weighted by Crippen LogP contribution is 2.38. The quantitative estimate of drug-likeness (QED) is 0.597. The molecule has 0 aromatic heterocycles. The lowest BCUT2D eigenvalue weighted by molar-refractivity contribution is -0.0385. The van der Waals surface area contributed by atoms with Crippen LogP contribution in [-0.2, 0) is 0 Å². The Morgan fingerprint density at radius 2 is 1.76 bits per heavy atom. The fraction of sp³-hybridized carbons (Fsp3) is 0.923. The highest BCUT2D eigenvalue weighted by Gasteiger charge is 2.44. The molecule has 0 saturated carbocycles. The van der Waals surface area contributed by atoms with Crippen molar-refractivity contribution in [3.63, 3.8) is 0 Å². The summed E-state index contributed by atoms with van der Waals surface area (Å²) in [6.07, 6.45) is 4.14. The Morgan fingerprint density at radius 1 is 1.29 bits per heavy atom. The highest BCUT2D eigenvalue weighted by atomic mass is 16.3. The Labute approximate surface area is 105 Å². The zero-order valence-electron chi connectivity index (χ0n) is 11.7. The molecule has 0 amide bonds. The van der Waals surface area contributed by atoms with Crippen LogP contribution in [0.3, 0.4) is 0 Å². The second-order valence-electron chi connectivity index (χ2n) is 6.26. The van der Waals surface area contributed by atoms with E-state index in [2.05, 4.69) is 45.8 Å². The fourth-order valence-corrected chi connectivity index (χ4v) is 2.96. The van der Waals surface area contributed by atoms with Crippen LogP contribution in [0.25, 0.3) is 0 Å². The number of piperidine rings is 1. The second-order valence-corrected chi connectivity index (χ2v) is 6.26. The van der Waals surface area contributed by atoms with E-state index >= 15 is 0 Å². The molecule has 1 N–H and O–H groups in total. The maximum absolute atomic E-state index is 9.17. The molecule has 0 aromatic rings. The van der Waals surface area contributed by atoms with Gasteiger partial charge in [0.15, 0.2) is 6.19 Å². The molecule has 0 spiro atoms. The molecule has 4 heteroatoms. The van der Waals surface area contributed by atoms with E-state index in [9.17, 15) is 0 Å². The molecule has 4 nitrogen and oxygen atoms in total. The van der Waals surface area contributed by atoms with Gasteiger partial charge < -0.3 is 10.0 Å². The van der Waals surface area contributed by atoms with Crippen molar-refractivity contribution in [2.45, 2.75) is 57.7 Å². The van der Waals surface area contributed by atoms with Crippen molar-refractivity contribution in [2.24, 2.45) is 0 Å². The molecule has 98 valence electrons. The monoisotopic (exact) mass is 239 g/mol. The predicted octanol–water partition coefficient (Wildman–Crippen LogP) is 1.41. The van der Waals surface area contributed by atoms with Crippen molar-refractivity contribution >= 4 is 0 Å². The minimum atomic E-state index is 0.0424. The Balaban J connectivity index is 2.88. The maximum Gasteiger partial charge on any atom is 0.179 e. The van der Waals surface area contributed by atoms with Gasteiger partial charge in [-0.15, -0.1) is 0 Å². The van der Waals surface area contributed by atoms with Gasteiger partial charge in [-0.05, 0) is 47.6 Å². The zero-order valence-corrected chi connectivity index (χ0v) is 11.7. The molecule has 0 bridgehead atoms. The van der Waals surface area contributed by atoms with Crippen LogP contribution >= 0.6 is 0 Å². The number of aliphatic hydroxyl groups is 1. The summed E-state index contributed by atoms with van der Waals surface area (Å²) in [6, 6.07) is 0.230. The number of likely N-dealkylation sites (tertiary alicyclic amines) is 1. The van der Waals surface area contributed by atoms with Crippen molar-refractivity contribution in [1.82, 2.24) is 9.80 Å². The van der Waals surface area contributed by atoms with E-state index in [0.29, 0.717) is 6.54 Å². The number of hydrogen-bond donors (Lipinski definition) is 1. The van der Waals surface area contributed by atoms with Gasteiger partial charge in [-0.1, -0.05) is 0 Å². The van der Waals surface area contributed by atoms with E-state index in [4.69, 9.17) is 10.4 Å². The number of hydrogen-bond acceptors (Lipinski definition) is 4. The highest BCUT2D eigenvalue weighted by molar-refractivity contribution is 5.03. The molecule has 1 rings (SSSR count). The molecule has 1 fully saturated rings. The molecule has 1 aliphatic rings. The molecule has 17 heavy (non-hydrogen) atoms. The normalized spacial score (nSPS) is 24.3. The minimum absolute atomic E-state index is 0.0424. The largest absolute Gasteiger partial charge is 0.395 e. The maximum atomic E-state index is 9.17. The third-order valence-corrected chi connectivity index (χ3v) is 4.20. The van der Waals surface area contributed by atoms with Crippen molar-refractivity contribution < 1.29 is 5.11 Å². The van der Waals surface area contributed by atoms with Crippen molar-refractivity contribution in [3.8, 4) is 6.19 Å². The van der Waals surface area contributed by atoms with Gasteiger partial charge in [0, 0.05) is 17.1 Å². The standard InChI is InChI=1S/C13H25N3O/c1-12(2)8-11(16(10-14)6-7-17)9-13(3,4)15(12)5/h11,17H,6-9H2,1-5H3. The smallest absolute Gasteiger partial charge is 0.179 e. The summed E-state index contributed by atoms with van der Waals surface area (Å²) in [5.41, 5.74) is 0.161. The van der Waals surface area contributed by atoms with Crippen LogP contribution in [0, 0.1) is 11.5 Å². The van der Waals surface area contributed by atoms with Crippen LogP contribution in [-0.4, -0.2) is 52.2 Å². The molecule has 1 saturated heterocycles. The van der Waals surface area contributed by atoms with Gasteiger partial charge in [-0.3, -0.25) is 4.90 Å². The third-order valence-electron chi connectivity index (χ3n) is 4.20. The van der Waals surface area contributed by atoms with E-state index in [1.807, 2.05) is 0 Å². The second kappa shape index (κ2) is 4.83. The predicted molar refractivity (Wildman–Crippen MR) is 68.3 cm³/mol. The first kappa shape index (κ1) is 14.3. The summed E-state index contributed by atoms with van der Waals surface area (Å²) in [6.45, 7) is 9.35. The Morgan fingerprint density at radius 3 is 2.12 bits per heavy atom. The van der Waals surface area contributed by atoms with Crippen LogP contribution in [0.4, 0.5) is 0 Å². The van der Waals surface area contributed by atoms with Gasteiger partial charge in [-0.25, -0.2) is 0 Å². The molecule has 1 heterocycles. The lowest BCUT2D eigenvalue weighted by Crippen LogP contribution is -2.62. The first-order valence-electron chi connectivity index (χ1n) is 6.26. The lowest BCUT2D eigenvalue weighted by Gasteiger charge is -2.54. The van der Waals surface area contributed by atoms with Gasteiger partial charge in [0.2, 0.25) is 0 Å². The van der Waals surface area contributed by atoms with E-state index in [1.165, 1.54) is 0 Å². The molecule has 0 radical (unpaired) electrons. The topological polar surface area (TPSA) is 50.5 Å². The minimum Gasteiger partial charge on any atom is -0.395 e. The average Bonchev–Trinajstić information content (AvgIpc) is 2.21.